The number of aryl methyl sites for hydroxylation is 1. The molecule has 4 nitrogen and oxygen atoms in total. The molecule has 0 bridgehead atoms. The van der Waals surface area contributed by atoms with Gasteiger partial charge in [-0.05, 0) is 54.5 Å². The zero-order chi connectivity index (χ0) is 12.6. The highest BCUT2D eigenvalue weighted by Crippen LogP contribution is 2.30. The Morgan fingerprint density at radius 1 is 1.59 bits per heavy atom. The smallest absolute Gasteiger partial charge is 0.250 e. The van der Waals surface area contributed by atoms with Crippen LogP contribution in [0.25, 0.3) is 0 Å². The Kier molecular flexibility index (Phi) is 3.94. The van der Waals surface area contributed by atoms with E-state index in [0.29, 0.717) is 4.21 Å². The van der Waals surface area contributed by atoms with Crippen molar-refractivity contribution in [2.24, 2.45) is 0 Å². The fourth-order valence-electron chi connectivity index (χ4n) is 1.87. The molecule has 1 aliphatic rings. The van der Waals surface area contributed by atoms with Gasteiger partial charge >= 0.3 is 0 Å². The van der Waals surface area contributed by atoms with E-state index in [0.717, 1.165) is 28.9 Å². The molecule has 1 aromatic heterocycles. The lowest BCUT2D eigenvalue weighted by molar-refractivity contribution is 0.407. The third-order valence-electron chi connectivity index (χ3n) is 2.81. The summed E-state index contributed by atoms with van der Waals surface area (Å²) in [6, 6.07) is 1.74. The molecule has 1 N–H and O–H groups in total. The molecule has 0 saturated carbocycles. The molecule has 7 heteroatoms. The minimum Gasteiger partial charge on any atom is -0.305 e. The van der Waals surface area contributed by atoms with E-state index in [4.69, 9.17) is 0 Å². The zero-order valence-corrected chi connectivity index (χ0v) is 13.0. The van der Waals surface area contributed by atoms with E-state index in [1.54, 1.807) is 6.07 Å². The van der Waals surface area contributed by atoms with E-state index < -0.39 is 10.0 Å². The summed E-state index contributed by atoms with van der Waals surface area (Å²) in [4.78, 5) is 2.13. The Labute approximate surface area is 114 Å². The lowest BCUT2D eigenvalue weighted by Crippen LogP contribution is -2.36. The summed E-state index contributed by atoms with van der Waals surface area (Å²) in [5.41, 5.74) is 0.957. The van der Waals surface area contributed by atoms with Crippen LogP contribution in [0.4, 0.5) is 0 Å². The zero-order valence-electron chi connectivity index (χ0n) is 9.73. The first kappa shape index (κ1) is 13.5. The quantitative estimate of drug-likeness (QED) is 0.914. The van der Waals surface area contributed by atoms with Crippen molar-refractivity contribution in [2.75, 3.05) is 20.1 Å². The number of hydrogen-bond donors (Lipinski definition) is 1. The summed E-state index contributed by atoms with van der Waals surface area (Å²) in [5.74, 6) is 0. The number of nitrogens with zero attached hydrogens (tertiary/aromatic N) is 1. The normalized spacial score (nSPS) is 22.2. The van der Waals surface area contributed by atoms with Crippen molar-refractivity contribution in [1.82, 2.24) is 9.62 Å². The molecule has 0 aliphatic carbocycles. The van der Waals surface area contributed by atoms with Crippen molar-refractivity contribution >= 4 is 37.3 Å². The molecular formula is C10H15BrN2O2S2. The Balaban J connectivity index is 2.14. The summed E-state index contributed by atoms with van der Waals surface area (Å²) >= 11 is 4.61. The highest BCUT2D eigenvalue weighted by atomic mass is 79.9. The van der Waals surface area contributed by atoms with Crippen LogP contribution in [-0.4, -0.2) is 39.5 Å². The fraction of sp³-hybridized carbons (Fsp3) is 0.600. The highest BCUT2D eigenvalue weighted by Gasteiger charge is 2.26. The van der Waals surface area contributed by atoms with Gasteiger partial charge in [0.1, 0.15) is 4.21 Å². The van der Waals surface area contributed by atoms with Gasteiger partial charge in [-0.3, -0.25) is 0 Å². The van der Waals surface area contributed by atoms with Gasteiger partial charge in [-0.15, -0.1) is 11.3 Å². The number of likely N-dealkylation sites (tertiary alicyclic amines) is 1. The molecule has 1 aromatic rings. The maximum Gasteiger partial charge on any atom is 0.250 e. The SMILES string of the molecule is Cc1cc(S(=O)(=O)NC2CCN(C)C2)sc1Br. The molecule has 0 spiro atoms. The van der Waals surface area contributed by atoms with Crippen molar-refractivity contribution in [3.8, 4) is 0 Å². The van der Waals surface area contributed by atoms with Gasteiger partial charge in [0.05, 0.1) is 3.79 Å². The fourth-order valence-corrected chi connectivity index (χ4v) is 5.38. The third kappa shape index (κ3) is 3.08. The van der Waals surface area contributed by atoms with Crippen LogP contribution in [0, 0.1) is 6.92 Å². The number of rotatable bonds is 3. The molecule has 0 amide bonds. The van der Waals surface area contributed by atoms with Gasteiger partial charge in [-0.2, -0.15) is 0 Å². The van der Waals surface area contributed by atoms with E-state index in [1.807, 2.05) is 14.0 Å². The van der Waals surface area contributed by atoms with Crippen molar-refractivity contribution in [3.05, 3.63) is 15.4 Å². The number of halogens is 1. The van der Waals surface area contributed by atoms with E-state index in [9.17, 15) is 8.42 Å². The molecule has 1 atom stereocenters. The van der Waals surface area contributed by atoms with E-state index in [2.05, 4.69) is 25.6 Å². The van der Waals surface area contributed by atoms with Crippen LogP contribution >= 0.6 is 27.3 Å². The van der Waals surface area contributed by atoms with Crippen LogP contribution in [0.15, 0.2) is 14.1 Å². The molecule has 0 radical (unpaired) electrons. The average Bonchev–Trinajstić information content (AvgIpc) is 2.75. The molecule has 2 heterocycles. The minimum absolute atomic E-state index is 0.0335. The van der Waals surface area contributed by atoms with Gasteiger partial charge in [0, 0.05) is 12.6 Å². The van der Waals surface area contributed by atoms with Crippen LogP contribution in [0.3, 0.4) is 0 Å². The lowest BCUT2D eigenvalue weighted by Gasteiger charge is -2.12. The predicted molar refractivity (Wildman–Crippen MR) is 73.0 cm³/mol. The van der Waals surface area contributed by atoms with Gasteiger partial charge in [-0.1, -0.05) is 0 Å². The summed E-state index contributed by atoms with van der Waals surface area (Å²) < 4.78 is 28.3. The average molecular weight is 339 g/mol. The molecule has 96 valence electrons. The van der Waals surface area contributed by atoms with Gasteiger partial charge in [0.15, 0.2) is 0 Å². The third-order valence-corrected chi connectivity index (χ3v) is 6.94. The molecule has 1 fully saturated rings. The molecule has 17 heavy (non-hydrogen) atoms. The van der Waals surface area contributed by atoms with Crippen LogP contribution in [0.1, 0.15) is 12.0 Å². The molecule has 2 rings (SSSR count). The standard InChI is InChI=1S/C10H15BrN2O2S2/c1-7-5-9(16-10(7)11)17(14,15)12-8-3-4-13(2)6-8/h5,8,12H,3-4,6H2,1-2H3. The van der Waals surface area contributed by atoms with Crippen LogP contribution in [-0.2, 0) is 10.0 Å². The first-order valence-corrected chi connectivity index (χ1v) is 8.44. The first-order chi connectivity index (χ1) is 7.88. The lowest BCUT2D eigenvalue weighted by atomic mass is 10.3. The maximum absolute atomic E-state index is 12.1. The summed E-state index contributed by atoms with van der Waals surface area (Å²) in [7, 11) is -1.36. The Bertz CT molecular complexity index is 493. The highest BCUT2D eigenvalue weighted by molar-refractivity contribution is 9.11. The first-order valence-electron chi connectivity index (χ1n) is 5.35. The number of likely N-dealkylation sites (N-methyl/N-ethyl adjacent to an activating group) is 1. The largest absolute Gasteiger partial charge is 0.305 e. The second kappa shape index (κ2) is 4.97. The van der Waals surface area contributed by atoms with E-state index in [1.165, 1.54) is 11.3 Å². The Hall–Kier alpha value is 0.0500. The van der Waals surface area contributed by atoms with Crippen molar-refractivity contribution in [2.45, 2.75) is 23.6 Å². The van der Waals surface area contributed by atoms with Crippen LogP contribution in [0.5, 0.6) is 0 Å². The number of nitrogens with one attached hydrogen (secondary N) is 1. The van der Waals surface area contributed by atoms with Crippen molar-refractivity contribution in [3.63, 3.8) is 0 Å². The summed E-state index contributed by atoms with van der Waals surface area (Å²) in [5, 5.41) is 0. The molecule has 1 saturated heterocycles. The predicted octanol–water partition coefficient (Wildman–Crippen LogP) is 1.80. The Morgan fingerprint density at radius 2 is 2.29 bits per heavy atom. The molecular weight excluding hydrogens is 324 g/mol. The second-order valence-corrected chi connectivity index (χ2v) is 8.70. The Morgan fingerprint density at radius 3 is 2.76 bits per heavy atom. The summed E-state index contributed by atoms with van der Waals surface area (Å²) in [6.07, 6.45) is 0.876. The topological polar surface area (TPSA) is 49.4 Å². The summed E-state index contributed by atoms with van der Waals surface area (Å²) in [6.45, 7) is 3.62. The maximum atomic E-state index is 12.1. The minimum atomic E-state index is -3.36. The van der Waals surface area contributed by atoms with E-state index in [-0.39, 0.29) is 6.04 Å². The van der Waals surface area contributed by atoms with Crippen LogP contribution < -0.4 is 4.72 Å². The molecule has 1 unspecified atom stereocenters. The molecule has 0 aromatic carbocycles. The van der Waals surface area contributed by atoms with Crippen LogP contribution in [0.2, 0.25) is 0 Å². The number of sulfonamides is 1. The second-order valence-electron chi connectivity index (χ2n) is 4.39. The van der Waals surface area contributed by atoms with Gasteiger partial charge in [0.25, 0.3) is 0 Å². The van der Waals surface area contributed by atoms with Gasteiger partial charge < -0.3 is 4.90 Å². The van der Waals surface area contributed by atoms with Gasteiger partial charge in [-0.25, -0.2) is 13.1 Å². The monoisotopic (exact) mass is 338 g/mol. The van der Waals surface area contributed by atoms with Crippen molar-refractivity contribution < 1.29 is 8.42 Å². The number of thiophene rings is 1. The molecule has 1 aliphatic heterocycles. The number of hydrogen-bond acceptors (Lipinski definition) is 4. The van der Waals surface area contributed by atoms with Crippen molar-refractivity contribution in [1.29, 1.82) is 0 Å². The van der Waals surface area contributed by atoms with Gasteiger partial charge in [0.2, 0.25) is 10.0 Å². The van der Waals surface area contributed by atoms with E-state index >= 15 is 0 Å².